The molecule has 7 heteroatoms. The van der Waals surface area contributed by atoms with Crippen molar-refractivity contribution in [2.75, 3.05) is 12.4 Å². The van der Waals surface area contributed by atoms with Crippen LogP contribution in [0.15, 0.2) is 60.0 Å². The minimum Gasteiger partial charge on any atom is -0.495 e. The number of allylic oxidation sites excluding steroid dienone is 1. The second-order valence-electron chi connectivity index (χ2n) is 5.72. The van der Waals surface area contributed by atoms with E-state index in [2.05, 4.69) is 5.32 Å². The van der Waals surface area contributed by atoms with E-state index in [1.807, 2.05) is 11.4 Å². The Balaban J connectivity index is 1.71. The predicted molar refractivity (Wildman–Crippen MR) is 115 cm³/mol. The minimum atomic E-state index is -0.200. The first-order valence-corrected chi connectivity index (χ1v) is 9.82. The number of ketones is 1. The van der Waals surface area contributed by atoms with Crippen molar-refractivity contribution >= 4 is 58.0 Å². The normalized spacial score (nSPS) is 10.8. The van der Waals surface area contributed by atoms with Gasteiger partial charge in [0.15, 0.2) is 5.78 Å². The maximum absolute atomic E-state index is 12.4. The lowest BCUT2D eigenvalue weighted by Crippen LogP contribution is -2.10. The zero-order valence-electron chi connectivity index (χ0n) is 14.7. The van der Waals surface area contributed by atoms with Gasteiger partial charge in [0.25, 0.3) is 5.91 Å². The van der Waals surface area contributed by atoms with E-state index in [0.717, 1.165) is 0 Å². The molecule has 0 saturated carbocycles. The highest BCUT2D eigenvalue weighted by Gasteiger charge is 2.10. The number of methoxy groups -OCH3 is 1. The Bertz CT molecular complexity index is 1030. The topological polar surface area (TPSA) is 55.4 Å². The number of hydrogen-bond donors (Lipinski definition) is 1. The number of carbonyl (C=O) groups is 2. The average Bonchev–Trinajstić information content (AvgIpc) is 3.21. The van der Waals surface area contributed by atoms with Crippen LogP contribution < -0.4 is 10.1 Å². The van der Waals surface area contributed by atoms with Crippen molar-refractivity contribution in [3.05, 3.63) is 86.0 Å². The van der Waals surface area contributed by atoms with E-state index in [0.29, 0.717) is 37.5 Å². The van der Waals surface area contributed by atoms with Crippen LogP contribution in [0.4, 0.5) is 5.69 Å². The SMILES string of the molecule is COc1c(Cl)cc(Cl)cc1C=CC(=O)c1ccc(NC(=O)c2cccs2)cc1. The monoisotopic (exact) mass is 431 g/mol. The summed E-state index contributed by atoms with van der Waals surface area (Å²) in [5.41, 5.74) is 1.70. The maximum Gasteiger partial charge on any atom is 0.265 e. The van der Waals surface area contributed by atoms with Crippen molar-refractivity contribution < 1.29 is 14.3 Å². The van der Waals surface area contributed by atoms with E-state index in [-0.39, 0.29) is 11.7 Å². The molecule has 1 aromatic heterocycles. The lowest BCUT2D eigenvalue weighted by molar-refractivity contribution is 0.102. The molecular formula is C21H15Cl2NO3S. The zero-order chi connectivity index (χ0) is 20.1. The molecule has 0 radical (unpaired) electrons. The molecule has 142 valence electrons. The summed E-state index contributed by atoms with van der Waals surface area (Å²) in [4.78, 5) is 25.1. The van der Waals surface area contributed by atoms with Crippen molar-refractivity contribution in [2.24, 2.45) is 0 Å². The Morgan fingerprint density at radius 3 is 2.50 bits per heavy atom. The number of thiophene rings is 1. The summed E-state index contributed by atoms with van der Waals surface area (Å²) in [7, 11) is 1.50. The third kappa shape index (κ3) is 4.81. The fourth-order valence-corrected chi connectivity index (χ4v) is 3.70. The fraction of sp³-hybridized carbons (Fsp3) is 0.0476. The van der Waals surface area contributed by atoms with Gasteiger partial charge in [0.1, 0.15) is 5.75 Å². The predicted octanol–water partition coefficient (Wildman–Crippen LogP) is 6.21. The number of rotatable bonds is 6. The van der Waals surface area contributed by atoms with Gasteiger partial charge in [-0.3, -0.25) is 9.59 Å². The van der Waals surface area contributed by atoms with E-state index < -0.39 is 0 Å². The molecule has 1 heterocycles. The molecule has 28 heavy (non-hydrogen) atoms. The number of amides is 1. The second-order valence-corrected chi connectivity index (χ2v) is 7.51. The second kappa shape index (κ2) is 9.06. The van der Waals surface area contributed by atoms with Crippen LogP contribution in [0.3, 0.4) is 0 Å². The lowest BCUT2D eigenvalue weighted by Gasteiger charge is -2.07. The molecule has 0 spiro atoms. The molecule has 3 aromatic rings. The van der Waals surface area contributed by atoms with Crippen molar-refractivity contribution in [2.45, 2.75) is 0 Å². The smallest absolute Gasteiger partial charge is 0.265 e. The van der Waals surface area contributed by atoms with Gasteiger partial charge in [0.05, 0.1) is 17.0 Å². The van der Waals surface area contributed by atoms with Gasteiger partial charge in [-0.15, -0.1) is 11.3 Å². The van der Waals surface area contributed by atoms with Gasteiger partial charge >= 0.3 is 0 Å². The highest BCUT2D eigenvalue weighted by Crippen LogP contribution is 2.33. The summed E-state index contributed by atoms with van der Waals surface area (Å²) < 4.78 is 5.26. The van der Waals surface area contributed by atoms with Crippen LogP contribution in [0, 0.1) is 0 Å². The highest BCUT2D eigenvalue weighted by atomic mass is 35.5. The molecule has 0 atom stereocenters. The Labute approximate surface area is 176 Å². The summed E-state index contributed by atoms with van der Waals surface area (Å²) in [6.07, 6.45) is 3.02. The molecule has 1 N–H and O–H groups in total. The number of nitrogens with one attached hydrogen (secondary N) is 1. The van der Waals surface area contributed by atoms with Gasteiger partial charge in [0.2, 0.25) is 0 Å². The van der Waals surface area contributed by atoms with Gasteiger partial charge < -0.3 is 10.1 Å². The van der Waals surface area contributed by atoms with Gasteiger partial charge in [-0.25, -0.2) is 0 Å². The average molecular weight is 432 g/mol. The van der Waals surface area contributed by atoms with Gasteiger partial charge in [0, 0.05) is 21.8 Å². The largest absolute Gasteiger partial charge is 0.495 e. The molecule has 4 nitrogen and oxygen atoms in total. The molecule has 2 aromatic carbocycles. The molecule has 0 fully saturated rings. The van der Waals surface area contributed by atoms with Crippen molar-refractivity contribution in [1.29, 1.82) is 0 Å². The van der Waals surface area contributed by atoms with E-state index in [4.69, 9.17) is 27.9 Å². The first-order chi connectivity index (χ1) is 13.5. The molecule has 0 aliphatic heterocycles. The van der Waals surface area contributed by atoms with Crippen LogP contribution in [0.2, 0.25) is 10.0 Å². The summed E-state index contributed by atoms with van der Waals surface area (Å²) in [6, 6.07) is 13.5. The van der Waals surface area contributed by atoms with Crippen LogP contribution in [-0.2, 0) is 0 Å². The fourth-order valence-electron chi connectivity index (χ4n) is 2.50. The number of benzene rings is 2. The minimum absolute atomic E-state index is 0.182. The molecule has 0 unspecified atom stereocenters. The van der Waals surface area contributed by atoms with Gasteiger partial charge in [-0.2, -0.15) is 0 Å². The molecule has 0 bridgehead atoms. The van der Waals surface area contributed by atoms with Crippen LogP contribution in [0.25, 0.3) is 6.08 Å². The van der Waals surface area contributed by atoms with Crippen LogP contribution in [0.1, 0.15) is 25.6 Å². The number of hydrogen-bond acceptors (Lipinski definition) is 4. The van der Waals surface area contributed by atoms with Crippen LogP contribution in [-0.4, -0.2) is 18.8 Å². The third-order valence-electron chi connectivity index (χ3n) is 3.83. The van der Waals surface area contributed by atoms with Crippen molar-refractivity contribution in [3.8, 4) is 5.75 Å². The number of ether oxygens (including phenoxy) is 1. The van der Waals surface area contributed by atoms with Gasteiger partial charge in [-0.1, -0.05) is 29.3 Å². The first-order valence-electron chi connectivity index (χ1n) is 8.18. The number of carbonyl (C=O) groups excluding carboxylic acids is 2. The Kier molecular flexibility index (Phi) is 6.52. The quantitative estimate of drug-likeness (QED) is 0.372. The Morgan fingerprint density at radius 1 is 1.11 bits per heavy atom. The molecule has 0 saturated heterocycles. The summed E-state index contributed by atoms with van der Waals surface area (Å²) in [5.74, 6) is 0.0648. The summed E-state index contributed by atoms with van der Waals surface area (Å²) in [6.45, 7) is 0. The van der Waals surface area contributed by atoms with E-state index in [9.17, 15) is 9.59 Å². The Hall–Kier alpha value is -2.60. The summed E-state index contributed by atoms with van der Waals surface area (Å²) >= 11 is 13.5. The Morgan fingerprint density at radius 2 is 1.86 bits per heavy atom. The third-order valence-corrected chi connectivity index (χ3v) is 5.20. The van der Waals surface area contributed by atoms with Crippen molar-refractivity contribution in [3.63, 3.8) is 0 Å². The molecular weight excluding hydrogens is 417 g/mol. The molecule has 3 rings (SSSR count). The number of halogens is 2. The van der Waals surface area contributed by atoms with Crippen molar-refractivity contribution in [1.82, 2.24) is 0 Å². The molecule has 1 amide bonds. The zero-order valence-corrected chi connectivity index (χ0v) is 17.1. The van der Waals surface area contributed by atoms with Crippen LogP contribution in [0.5, 0.6) is 5.75 Å². The van der Waals surface area contributed by atoms with E-state index in [1.54, 1.807) is 48.5 Å². The summed E-state index contributed by atoms with van der Waals surface area (Å²) in [5, 5.41) is 5.45. The lowest BCUT2D eigenvalue weighted by atomic mass is 10.1. The standard InChI is InChI=1S/C21H15Cl2NO3S/c1-27-20-14(11-15(22)12-17(20)23)6-9-18(25)13-4-7-16(8-5-13)24-21(26)19-3-2-10-28-19/h2-12H,1H3,(H,24,26). The van der Waals surface area contributed by atoms with Crippen LogP contribution >= 0.6 is 34.5 Å². The molecule has 0 aliphatic rings. The molecule has 0 aliphatic carbocycles. The highest BCUT2D eigenvalue weighted by molar-refractivity contribution is 7.12. The van der Waals surface area contributed by atoms with E-state index >= 15 is 0 Å². The maximum atomic E-state index is 12.4. The first kappa shape index (κ1) is 20.1. The van der Waals surface area contributed by atoms with Gasteiger partial charge in [-0.05, 0) is 60.0 Å². The van der Waals surface area contributed by atoms with E-state index in [1.165, 1.54) is 24.5 Å². The number of anilines is 1.